The Kier molecular flexibility index (Phi) is 5.02. The second-order valence-corrected chi connectivity index (χ2v) is 11.3. The van der Waals surface area contributed by atoms with E-state index in [-0.39, 0.29) is 0 Å². The number of rotatable bonds is 3. The van der Waals surface area contributed by atoms with Gasteiger partial charge in [0.15, 0.2) is 0 Å². The fourth-order valence-corrected chi connectivity index (χ4v) is 8.41. The van der Waals surface area contributed by atoms with Gasteiger partial charge in [0.1, 0.15) is 7.28 Å². The van der Waals surface area contributed by atoms with Gasteiger partial charge in [0.2, 0.25) is 0 Å². The lowest BCUT2D eigenvalue weighted by atomic mass is 9.73. The minimum atomic E-state index is 0.410. The smallest absolute Gasteiger partial charge is 0.148 e. The quantitative estimate of drug-likeness (QED) is 0.479. The zero-order valence-electron chi connectivity index (χ0n) is 19.6. The molecule has 6 aliphatic rings. The van der Waals surface area contributed by atoms with Gasteiger partial charge >= 0.3 is 0 Å². The van der Waals surface area contributed by atoms with Crippen molar-refractivity contribution in [1.82, 2.24) is 0 Å². The highest BCUT2D eigenvalue weighted by molar-refractivity contribution is 8.04. The van der Waals surface area contributed by atoms with Crippen molar-refractivity contribution in [3.63, 3.8) is 0 Å². The topological polar surface area (TPSA) is 3.24 Å². The first-order chi connectivity index (χ1) is 16.8. The summed E-state index contributed by atoms with van der Waals surface area (Å²) in [6.07, 6.45) is 29.3. The molecule has 0 saturated carbocycles. The molecule has 167 valence electrons. The lowest BCUT2D eigenvalue weighted by Crippen LogP contribution is -2.38. The molecule has 5 atom stereocenters. The second kappa shape index (κ2) is 8.24. The molecule has 2 heterocycles. The molecule has 3 heteroatoms. The number of hydrogen-bond donors (Lipinski definition) is 0. The van der Waals surface area contributed by atoms with E-state index in [0.717, 1.165) is 12.8 Å². The largest absolute Gasteiger partial charge is 0.357 e. The Hall–Kier alpha value is -2.65. The summed E-state index contributed by atoms with van der Waals surface area (Å²) < 4.78 is 0. The predicted octanol–water partition coefficient (Wildman–Crippen LogP) is 6.45. The van der Waals surface area contributed by atoms with Crippen LogP contribution in [0.4, 0.5) is 5.69 Å². The summed E-state index contributed by atoms with van der Waals surface area (Å²) in [6.45, 7) is 2.11. The van der Waals surface area contributed by atoms with Crippen molar-refractivity contribution in [2.24, 2.45) is 11.8 Å². The maximum Gasteiger partial charge on any atom is 0.148 e. The molecule has 2 saturated heterocycles. The van der Waals surface area contributed by atoms with Gasteiger partial charge in [0.05, 0.1) is 12.1 Å². The molecule has 2 fully saturated rings. The van der Waals surface area contributed by atoms with E-state index in [4.69, 9.17) is 0 Å². The Morgan fingerprint density at radius 1 is 0.824 bits per heavy atom. The molecule has 4 aliphatic carbocycles. The molecule has 2 aliphatic heterocycles. The summed E-state index contributed by atoms with van der Waals surface area (Å²) in [6, 6.07) is 10.0. The molecule has 34 heavy (non-hydrogen) atoms. The van der Waals surface area contributed by atoms with Crippen molar-refractivity contribution in [3.05, 3.63) is 118 Å². The number of thioether (sulfide) groups is 1. The summed E-state index contributed by atoms with van der Waals surface area (Å²) in [5.74, 6) is 1.30. The van der Waals surface area contributed by atoms with Crippen LogP contribution in [0.2, 0.25) is 6.82 Å². The highest BCUT2D eigenvalue weighted by atomic mass is 32.2. The van der Waals surface area contributed by atoms with E-state index in [0.29, 0.717) is 29.2 Å². The first kappa shape index (κ1) is 20.7. The average molecular weight is 458 g/mol. The van der Waals surface area contributed by atoms with Crippen molar-refractivity contribution in [1.29, 1.82) is 0 Å². The third-order valence-electron chi connectivity index (χ3n) is 8.41. The van der Waals surface area contributed by atoms with Crippen molar-refractivity contribution in [2.45, 2.75) is 43.4 Å². The molecule has 0 bridgehead atoms. The first-order valence-corrected chi connectivity index (χ1v) is 13.6. The van der Waals surface area contributed by atoms with Crippen LogP contribution in [0.1, 0.15) is 19.3 Å². The molecule has 0 N–H and O–H groups in total. The van der Waals surface area contributed by atoms with Crippen LogP contribution in [0.25, 0.3) is 0 Å². The lowest BCUT2D eigenvalue weighted by molar-refractivity contribution is 0.491. The number of anilines is 1. The molecule has 1 nitrogen and oxygen atoms in total. The Morgan fingerprint density at radius 2 is 1.62 bits per heavy atom. The minimum absolute atomic E-state index is 0.410. The fourth-order valence-electron chi connectivity index (χ4n) is 6.74. The molecule has 0 amide bonds. The summed E-state index contributed by atoms with van der Waals surface area (Å²) in [5, 5.41) is 0.555. The summed E-state index contributed by atoms with van der Waals surface area (Å²) in [7, 11) is 2.18. The zero-order chi connectivity index (χ0) is 22.6. The monoisotopic (exact) mass is 458 g/mol. The van der Waals surface area contributed by atoms with Gasteiger partial charge in [0, 0.05) is 22.8 Å². The lowest BCUT2D eigenvalue weighted by Gasteiger charge is -2.35. The molecule has 7 rings (SSSR count). The normalized spacial score (nSPS) is 32.6. The van der Waals surface area contributed by atoms with E-state index in [9.17, 15) is 0 Å². The average Bonchev–Trinajstić information content (AvgIpc) is 3.44. The van der Waals surface area contributed by atoms with Crippen LogP contribution >= 0.6 is 11.8 Å². The van der Waals surface area contributed by atoms with E-state index in [2.05, 4.69) is 122 Å². The van der Waals surface area contributed by atoms with Crippen LogP contribution in [0.15, 0.2) is 118 Å². The number of nitrogens with zero attached hydrogens (tertiary/aromatic N) is 1. The summed E-state index contributed by atoms with van der Waals surface area (Å²) in [5.41, 5.74) is 8.76. The van der Waals surface area contributed by atoms with Crippen LogP contribution in [0, 0.1) is 11.8 Å². The van der Waals surface area contributed by atoms with Gasteiger partial charge in [-0.25, -0.2) is 0 Å². The first-order valence-electron chi connectivity index (χ1n) is 12.7. The maximum atomic E-state index is 2.71. The summed E-state index contributed by atoms with van der Waals surface area (Å²) in [4.78, 5) is 4.29. The third-order valence-corrected chi connectivity index (χ3v) is 9.94. The van der Waals surface area contributed by atoms with Gasteiger partial charge in [-0.05, 0) is 58.6 Å². The van der Waals surface area contributed by atoms with Crippen LogP contribution < -0.4 is 10.4 Å². The molecule has 1 radical (unpaired) electrons. The Morgan fingerprint density at radius 3 is 2.50 bits per heavy atom. The number of fused-ring (bicyclic) bond motifs is 6. The molecular weight excluding hydrogens is 429 g/mol. The van der Waals surface area contributed by atoms with Gasteiger partial charge in [0.25, 0.3) is 0 Å². The van der Waals surface area contributed by atoms with E-state index in [1.54, 1.807) is 10.5 Å². The molecular formula is C31H29BNS. The van der Waals surface area contributed by atoms with Gasteiger partial charge in [-0.15, -0.1) is 11.8 Å². The van der Waals surface area contributed by atoms with Crippen LogP contribution in [-0.4, -0.2) is 24.6 Å². The number of benzene rings is 1. The molecule has 1 aromatic rings. The molecule has 0 aromatic heterocycles. The Bertz CT molecular complexity index is 1270. The number of hydrogen-bond acceptors (Lipinski definition) is 2. The van der Waals surface area contributed by atoms with Gasteiger partial charge in [-0.3, -0.25) is 0 Å². The van der Waals surface area contributed by atoms with Crippen molar-refractivity contribution >= 4 is 30.2 Å². The van der Waals surface area contributed by atoms with Crippen molar-refractivity contribution in [2.75, 3.05) is 4.90 Å². The molecule has 0 spiro atoms. The predicted molar refractivity (Wildman–Crippen MR) is 148 cm³/mol. The standard InChI is InChI=1S/C31H29BNS/c1-32-21-14-16-22(17-15-21)33-28-11-4-2-7-24(28)25-18-13-20(19-29(25)33)23-9-6-10-27-26-8-3-5-12-30(26)34-31(23)27/h2-7,9-10,12-18,26-29,31H,8,11,19H2,1H3. The van der Waals surface area contributed by atoms with Crippen LogP contribution in [0.5, 0.6) is 0 Å². The molecule has 5 unspecified atom stereocenters. The highest BCUT2D eigenvalue weighted by Crippen LogP contribution is 2.55. The van der Waals surface area contributed by atoms with Crippen LogP contribution in [0.3, 0.4) is 0 Å². The van der Waals surface area contributed by atoms with E-state index < -0.39 is 0 Å². The third kappa shape index (κ3) is 3.16. The minimum Gasteiger partial charge on any atom is -0.357 e. The van der Waals surface area contributed by atoms with Gasteiger partial charge < -0.3 is 4.90 Å². The fraction of sp³-hybridized carbons (Fsp3) is 0.290. The Labute approximate surface area is 208 Å². The Balaban J connectivity index is 1.24. The maximum absolute atomic E-state index is 2.71. The van der Waals surface area contributed by atoms with Gasteiger partial charge in [-0.2, -0.15) is 0 Å². The van der Waals surface area contributed by atoms with Crippen LogP contribution in [-0.2, 0) is 0 Å². The van der Waals surface area contributed by atoms with E-state index >= 15 is 0 Å². The van der Waals surface area contributed by atoms with E-state index in [1.165, 1.54) is 34.3 Å². The number of allylic oxidation sites excluding steroid dienone is 11. The van der Waals surface area contributed by atoms with Crippen molar-refractivity contribution in [3.8, 4) is 0 Å². The second-order valence-electron chi connectivity index (χ2n) is 10.1. The molecule has 1 aromatic carbocycles. The van der Waals surface area contributed by atoms with E-state index in [1.807, 2.05) is 0 Å². The SMILES string of the molecule is C[B]c1ccc(N2C3CC=CC=C3C3=CC=C(C4=CC=CC5C6CC=CC=C6SC45)CC32)cc1. The summed E-state index contributed by atoms with van der Waals surface area (Å²) >= 11 is 2.12. The van der Waals surface area contributed by atoms with Crippen molar-refractivity contribution < 1.29 is 0 Å². The highest BCUT2D eigenvalue weighted by Gasteiger charge is 2.45. The van der Waals surface area contributed by atoms with Gasteiger partial charge in [-0.1, -0.05) is 91.3 Å². The zero-order valence-corrected chi connectivity index (χ0v) is 20.4.